The van der Waals surface area contributed by atoms with E-state index in [-0.39, 0.29) is 18.5 Å². The molecule has 0 spiro atoms. The number of ether oxygens (including phenoxy) is 2. The summed E-state index contributed by atoms with van der Waals surface area (Å²) in [6.07, 6.45) is 0.138. The smallest absolute Gasteiger partial charge is 0.342 e. The highest BCUT2D eigenvalue weighted by Gasteiger charge is 2.20. The van der Waals surface area contributed by atoms with Gasteiger partial charge < -0.3 is 14.4 Å². The maximum absolute atomic E-state index is 12.6. The Balaban J connectivity index is 2.09. The molecule has 0 saturated carbocycles. The Morgan fingerprint density at radius 2 is 1.96 bits per heavy atom. The average Bonchev–Trinajstić information content (AvgIpc) is 2.67. The van der Waals surface area contributed by atoms with Gasteiger partial charge in [0, 0.05) is 17.3 Å². The number of halogens is 1. The number of carbonyl (C=O) groups is 2. The molecule has 0 fully saturated rings. The van der Waals surface area contributed by atoms with Gasteiger partial charge in [-0.05, 0) is 37.3 Å². The molecule has 0 radical (unpaired) electrons. The first kappa shape index (κ1) is 20.3. The Morgan fingerprint density at radius 1 is 1.19 bits per heavy atom. The molecule has 6 nitrogen and oxygen atoms in total. The van der Waals surface area contributed by atoms with Crippen molar-refractivity contribution in [2.24, 2.45) is 0 Å². The van der Waals surface area contributed by atoms with Crippen molar-refractivity contribution in [3.8, 4) is 11.8 Å². The van der Waals surface area contributed by atoms with Crippen LogP contribution >= 0.6 is 11.6 Å². The van der Waals surface area contributed by atoms with Gasteiger partial charge in [-0.3, -0.25) is 4.79 Å². The van der Waals surface area contributed by atoms with Gasteiger partial charge in [-0.25, -0.2) is 4.79 Å². The van der Waals surface area contributed by atoms with Gasteiger partial charge in [-0.1, -0.05) is 29.8 Å². The third kappa shape index (κ3) is 5.73. The molecule has 2 rings (SSSR count). The molecule has 140 valence electrons. The van der Waals surface area contributed by atoms with Crippen LogP contribution in [0.3, 0.4) is 0 Å². The van der Waals surface area contributed by atoms with E-state index in [0.29, 0.717) is 23.1 Å². The molecule has 7 heteroatoms. The standard InChI is InChI=1S/C20H19ClN2O4/c1-2-26-18-10-4-3-9-17(18)20(25)27-14-19(24)23(12-6-11-22)16-8-5-7-15(21)13-16/h3-5,7-10,13H,2,6,12,14H2,1H3. The van der Waals surface area contributed by atoms with Crippen molar-refractivity contribution in [1.29, 1.82) is 5.26 Å². The fourth-order valence-corrected chi connectivity index (χ4v) is 2.59. The zero-order valence-corrected chi connectivity index (χ0v) is 15.6. The predicted octanol–water partition coefficient (Wildman–Crippen LogP) is 3.84. The van der Waals surface area contributed by atoms with E-state index >= 15 is 0 Å². The minimum Gasteiger partial charge on any atom is -0.493 e. The molecule has 0 aliphatic heterocycles. The highest BCUT2D eigenvalue weighted by atomic mass is 35.5. The highest BCUT2D eigenvalue weighted by molar-refractivity contribution is 6.30. The van der Waals surface area contributed by atoms with Crippen LogP contribution in [-0.2, 0) is 9.53 Å². The summed E-state index contributed by atoms with van der Waals surface area (Å²) in [7, 11) is 0. The molecule has 27 heavy (non-hydrogen) atoms. The second kappa shape index (κ2) is 10.2. The van der Waals surface area contributed by atoms with E-state index in [1.807, 2.05) is 13.0 Å². The van der Waals surface area contributed by atoms with Crippen LogP contribution in [0.2, 0.25) is 5.02 Å². The second-order valence-electron chi connectivity index (χ2n) is 5.44. The lowest BCUT2D eigenvalue weighted by molar-refractivity contribution is -0.121. The number of nitriles is 1. The molecule has 2 aromatic carbocycles. The highest BCUT2D eigenvalue weighted by Crippen LogP contribution is 2.21. The maximum Gasteiger partial charge on any atom is 0.342 e. The molecule has 0 aliphatic rings. The van der Waals surface area contributed by atoms with Gasteiger partial charge in [0.05, 0.1) is 19.1 Å². The van der Waals surface area contributed by atoms with Crippen LogP contribution in [-0.4, -0.2) is 31.6 Å². The van der Waals surface area contributed by atoms with Crippen molar-refractivity contribution >= 4 is 29.2 Å². The Kier molecular flexibility index (Phi) is 7.65. The molecule has 0 aliphatic carbocycles. The summed E-state index contributed by atoms with van der Waals surface area (Å²) in [5.41, 5.74) is 0.784. The monoisotopic (exact) mass is 386 g/mol. The van der Waals surface area contributed by atoms with Gasteiger partial charge >= 0.3 is 5.97 Å². The van der Waals surface area contributed by atoms with E-state index in [1.165, 1.54) is 4.90 Å². The average molecular weight is 387 g/mol. The zero-order chi connectivity index (χ0) is 19.6. The Hall–Kier alpha value is -3.04. The van der Waals surface area contributed by atoms with Gasteiger partial charge in [-0.15, -0.1) is 0 Å². The summed E-state index contributed by atoms with van der Waals surface area (Å²) < 4.78 is 10.6. The van der Waals surface area contributed by atoms with E-state index in [9.17, 15) is 9.59 Å². The van der Waals surface area contributed by atoms with E-state index in [0.717, 1.165) is 0 Å². The van der Waals surface area contributed by atoms with E-state index in [2.05, 4.69) is 0 Å². The number of esters is 1. The molecule has 0 unspecified atom stereocenters. The molecule has 2 aromatic rings. The first-order valence-electron chi connectivity index (χ1n) is 8.38. The van der Waals surface area contributed by atoms with Crippen molar-refractivity contribution in [2.45, 2.75) is 13.3 Å². The van der Waals surface area contributed by atoms with Crippen molar-refractivity contribution in [2.75, 3.05) is 24.7 Å². The molecule has 0 saturated heterocycles. The maximum atomic E-state index is 12.6. The van der Waals surface area contributed by atoms with E-state index < -0.39 is 18.5 Å². The molecule has 1 amide bonds. The van der Waals surface area contributed by atoms with Crippen LogP contribution in [0.1, 0.15) is 23.7 Å². The number of rotatable bonds is 8. The molecular formula is C20H19ClN2O4. The number of carbonyl (C=O) groups excluding carboxylic acids is 2. The van der Waals surface area contributed by atoms with Gasteiger partial charge in [0.1, 0.15) is 11.3 Å². The van der Waals surface area contributed by atoms with Crippen molar-refractivity contribution in [3.05, 3.63) is 59.1 Å². The van der Waals surface area contributed by atoms with Crippen LogP contribution in [0.15, 0.2) is 48.5 Å². The summed E-state index contributed by atoms with van der Waals surface area (Å²) >= 11 is 5.98. The molecule has 0 aromatic heterocycles. The number of anilines is 1. The third-order valence-electron chi connectivity index (χ3n) is 3.60. The summed E-state index contributed by atoms with van der Waals surface area (Å²) in [4.78, 5) is 26.3. The van der Waals surface area contributed by atoms with Crippen molar-refractivity contribution in [3.63, 3.8) is 0 Å². The molecule has 0 heterocycles. The summed E-state index contributed by atoms with van der Waals surface area (Å²) in [6, 6.07) is 15.4. The topological polar surface area (TPSA) is 79.6 Å². The molecule has 0 N–H and O–H groups in total. The van der Waals surface area contributed by atoms with E-state index in [4.69, 9.17) is 26.3 Å². The van der Waals surface area contributed by atoms with E-state index in [1.54, 1.807) is 48.5 Å². The largest absolute Gasteiger partial charge is 0.493 e. The van der Waals surface area contributed by atoms with Crippen LogP contribution < -0.4 is 9.64 Å². The second-order valence-corrected chi connectivity index (χ2v) is 5.88. The minimum absolute atomic E-state index is 0.138. The van der Waals surface area contributed by atoms with Crippen LogP contribution in [0.5, 0.6) is 5.75 Å². The summed E-state index contributed by atoms with van der Waals surface area (Å²) in [5, 5.41) is 9.30. The van der Waals surface area contributed by atoms with Crippen LogP contribution in [0, 0.1) is 11.3 Å². The van der Waals surface area contributed by atoms with Crippen molar-refractivity contribution < 1.29 is 19.1 Å². The summed E-state index contributed by atoms with van der Waals surface area (Å²) in [6.45, 7) is 1.92. The lowest BCUT2D eigenvalue weighted by Crippen LogP contribution is -2.35. The van der Waals surface area contributed by atoms with Crippen molar-refractivity contribution in [1.82, 2.24) is 0 Å². The third-order valence-corrected chi connectivity index (χ3v) is 3.84. The first-order valence-corrected chi connectivity index (χ1v) is 8.76. The van der Waals surface area contributed by atoms with Gasteiger partial charge in [0.15, 0.2) is 6.61 Å². The lowest BCUT2D eigenvalue weighted by atomic mass is 10.2. The number of hydrogen-bond acceptors (Lipinski definition) is 5. The summed E-state index contributed by atoms with van der Waals surface area (Å²) in [5.74, 6) is -0.706. The molecule has 0 atom stereocenters. The molecular weight excluding hydrogens is 368 g/mol. The quantitative estimate of drug-likeness (QED) is 0.644. The minimum atomic E-state index is -0.654. The number of hydrogen-bond donors (Lipinski definition) is 0. The SMILES string of the molecule is CCOc1ccccc1C(=O)OCC(=O)N(CCC#N)c1cccc(Cl)c1. The normalized spacial score (nSPS) is 9.96. The predicted molar refractivity (Wildman–Crippen MR) is 102 cm³/mol. The number of nitrogens with zero attached hydrogens (tertiary/aromatic N) is 2. The van der Waals surface area contributed by atoms with Gasteiger partial charge in [0.2, 0.25) is 0 Å². The first-order chi connectivity index (χ1) is 13.1. The van der Waals surface area contributed by atoms with Gasteiger partial charge in [0.25, 0.3) is 5.91 Å². The Morgan fingerprint density at radius 3 is 2.67 bits per heavy atom. The fourth-order valence-electron chi connectivity index (χ4n) is 2.40. The Labute approximate surface area is 162 Å². The van der Waals surface area contributed by atoms with Crippen LogP contribution in [0.25, 0.3) is 0 Å². The van der Waals surface area contributed by atoms with Gasteiger partial charge in [-0.2, -0.15) is 5.26 Å². The lowest BCUT2D eigenvalue weighted by Gasteiger charge is -2.22. The number of para-hydroxylation sites is 1. The number of amides is 1. The van der Waals surface area contributed by atoms with Crippen LogP contribution in [0.4, 0.5) is 5.69 Å². The Bertz CT molecular complexity index is 848. The number of benzene rings is 2. The fraction of sp³-hybridized carbons (Fsp3) is 0.250. The zero-order valence-electron chi connectivity index (χ0n) is 14.9. The molecule has 0 bridgehead atoms.